The summed E-state index contributed by atoms with van der Waals surface area (Å²) in [5.74, 6) is -0.547. The Morgan fingerprint density at radius 1 is 1.33 bits per heavy atom. The number of hydrogen-bond donors (Lipinski definition) is 2. The van der Waals surface area contributed by atoms with E-state index in [0.29, 0.717) is 12.1 Å². The molecule has 1 amide bonds. The van der Waals surface area contributed by atoms with Crippen LogP contribution in [0.25, 0.3) is 0 Å². The molecule has 0 fully saturated rings. The highest BCUT2D eigenvalue weighted by Gasteiger charge is 2.26. The minimum Gasteiger partial charge on any atom is -0.467 e. The molecule has 0 aliphatic heterocycles. The molecule has 0 spiro atoms. The third-order valence-corrected chi connectivity index (χ3v) is 3.66. The summed E-state index contributed by atoms with van der Waals surface area (Å²) in [6, 6.07) is 6.86. The molecule has 5 heteroatoms. The van der Waals surface area contributed by atoms with E-state index in [1.165, 1.54) is 7.11 Å². The van der Waals surface area contributed by atoms with Gasteiger partial charge in [-0.05, 0) is 24.0 Å². The van der Waals surface area contributed by atoms with Crippen molar-refractivity contribution in [1.29, 1.82) is 0 Å². The molecule has 1 aromatic rings. The first-order valence-electron chi connectivity index (χ1n) is 7.20. The summed E-state index contributed by atoms with van der Waals surface area (Å²) in [6.07, 6.45) is 1.62. The highest BCUT2D eigenvalue weighted by Crippen LogP contribution is 2.13. The van der Waals surface area contributed by atoms with Gasteiger partial charge in [-0.3, -0.25) is 4.79 Å². The fraction of sp³-hybridized carbons (Fsp3) is 0.500. The van der Waals surface area contributed by atoms with Crippen LogP contribution in [0.5, 0.6) is 0 Å². The van der Waals surface area contributed by atoms with Gasteiger partial charge in [-0.15, -0.1) is 0 Å². The van der Waals surface area contributed by atoms with Crippen LogP contribution in [0, 0.1) is 5.92 Å². The maximum Gasteiger partial charge on any atom is 0.328 e. The number of benzene rings is 1. The van der Waals surface area contributed by atoms with Crippen molar-refractivity contribution in [2.24, 2.45) is 5.92 Å². The Balaban J connectivity index is 2.58. The second-order valence-electron chi connectivity index (χ2n) is 5.15. The summed E-state index contributed by atoms with van der Waals surface area (Å²) in [4.78, 5) is 23.7. The van der Waals surface area contributed by atoms with Gasteiger partial charge in [0, 0.05) is 12.1 Å². The molecular formula is C16H24N2O3. The number of ether oxygens (including phenoxy) is 1. The minimum absolute atomic E-state index is 0.0307. The molecule has 0 heterocycles. The van der Waals surface area contributed by atoms with Gasteiger partial charge in [0.2, 0.25) is 5.91 Å². The van der Waals surface area contributed by atoms with Crippen LogP contribution in [0.4, 0.5) is 5.69 Å². The number of methoxy groups -OCH3 is 1. The third-order valence-electron chi connectivity index (χ3n) is 3.66. The van der Waals surface area contributed by atoms with E-state index in [1.807, 2.05) is 38.1 Å². The number of carbonyl (C=O) groups is 2. The molecule has 1 rings (SSSR count). The summed E-state index contributed by atoms with van der Waals surface area (Å²) >= 11 is 0. The zero-order chi connectivity index (χ0) is 15.8. The molecule has 5 nitrogen and oxygen atoms in total. The van der Waals surface area contributed by atoms with E-state index in [1.54, 1.807) is 0 Å². The number of nitrogens with two attached hydrogens (primary N) is 1. The zero-order valence-corrected chi connectivity index (χ0v) is 12.9. The first-order valence-corrected chi connectivity index (χ1v) is 7.20. The van der Waals surface area contributed by atoms with E-state index in [2.05, 4.69) is 5.32 Å². The van der Waals surface area contributed by atoms with Crippen LogP contribution in [0.15, 0.2) is 24.3 Å². The number of nitrogen functional groups attached to an aromatic ring is 1. The lowest BCUT2D eigenvalue weighted by molar-refractivity contribution is -0.146. The lowest BCUT2D eigenvalue weighted by atomic mass is 9.99. The molecule has 116 valence electrons. The van der Waals surface area contributed by atoms with Gasteiger partial charge in [0.15, 0.2) is 0 Å². The van der Waals surface area contributed by atoms with Crippen molar-refractivity contribution >= 4 is 17.6 Å². The number of carbonyl (C=O) groups excluding carboxylic acids is 2. The molecular weight excluding hydrogens is 268 g/mol. The summed E-state index contributed by atoms with van der Waals surface area (Å²) in [6.45, 7) is 3.88. The van der Waals surface area contributed by atoms with Gasteiger partial charge in [-0.1, -0.05) is 38.5 Å². The Morgan fingerprint density at radius 3 is 2.57 bits per heavy atom. The number of aryl methyl sites for hydroxylation is 1. The Kier molecular flexibility index (Phi) is 6.72. The fourth-order valence-corrected chi connectivity index (χ4v) is 2.05. The molecule has 21 heavy (non-hydrogen) atoms. The number of rotatable bonds is 7. The molecule has 0 bridgehead atoms. The van der Waals surface area contributed by atoms with Crippen LogP contribution >= 0.6 is 0 Å². The first kappa shape index (κ1) is 17.0. The van der Waals surface area contributed by atoms with Gasteiger partial charge < -0.3 is 15.8 Å². The van der Waals surface area contributed by atoms with Crippen molar-refractivity contribution in [3.05, 3.63) is 29.8 Å². The van der Waals surface area contributed by atoms with E-state index in [9.17, 15) is 9.59 Å². The lowest BCUT2D eigenvalue weighted by Crippen LogP contribution is -2.45. The largest absolute Gasteiger partial charge is 0.467 e. The maximum absolute atomic E-state index is 12.0. The predicted molar refractivity (Wildman–Crippen MR) is 82.6 cm³/mol. The van der Waals surface area contributed by atoms with Gasteiger partial charge in [-0.25, -0.2) is 4.79 Å². The SMILES string of the molecule is CC[C@H](C)[C@H](NC(=O)CCc1ccccc1N)C(=O)OC. The summed E-state index contributed by atoms with van der Waals surface area (Å²) in [5.41, 5.74) is 7.46. The third kappa shape index (κ3) is 5.10. The summed E-state index contributed by atoms with van der Waals surface area (Å²) < 4.78 is 4.74. The summed E-state index contributed by atoms with van der Waals surface area (Å²) in [7, 11) is 1.33. The van der Waals surface area contributed by atoms with Crippen molar-refractivity contribution in [3.63, 3.8) is 0 Å². The van der Waals surface area contributed by atoms with Gasteiger partial charge >= 0.3 is 5.97 Å². The van der Waals surface area contributed by atoms with Crippen molar-refractivity contribution < 1.29 is 14.3 Å². The van der Waals surface area contributed by atoms with E-state index in [-0.39, 0.29) is 18.2 Å². The lowest BCUT2D eigenvalue weighted by Gasteiger charge is -2.21. The summed E-state index contributed by atoms with van der Waals surface area (Å²) in [5, 5.41) is 2.75. The Bertz CT molecular complexity index is 488. The van der Waals surface area contributed by atoms with Crippen molar-refractivity contribution in [2.45, 2.75) is 39.2 Å². The van der Waals surface area contributed by atoms with Crippen molar-refractivity contribution in [3.8, 4) is 0 Å². The number of esters is 1. The highest BCUT2D eigenvalue weighted by molar-refractivity contribution is 5.84. The average molecular weight is 292 g/mol. The fourth-order valence-electron chi connectivity index (χ4n) is 2.05. The van der Waals surface area contributed by atoms with Crippen LogP contribution in [-0.2, 0) is 20.7 Å². The van der Waals surface area contributed by atoms with E-state index < -0.39 is 12.0 Å². The Morgan fingerprint density at radius 2 is 2.00 bits per heavy atom. The quantitative estimate of drug-likeness (QED) is 0.594. The van der Waals surface area contributed by atoms with Crippen LogP contribution in [0.2, 0.25) is 0 Å². The van der Waals surface area contributed by atoms with Gasteiger partial charge in [0.25, 0.3) is 0 Å². The Labute approximate surface area is 125 Å². The predicted octanol–water partition coefficient (Wildman–Crippen LogP) is 1.91. The standard InChI is InChI=1S/C16H24N2O3/c1-4-11(2)15(16(20)21-3)18-14(19)10-9-12-7-5-6-8-13(12)17/h5-8,11,15H,4,9-10,17H2,1-3H3,(H,18,19)/t11-,15-/m0/s1. The van der Waals surface area contributed by atoms with Crippen LogP contribution < -0.4 is 11.1 Å². The molecule has 0 saturated carbocycles. The van der Waals surface area contributed by atoms with E-state index in [4.69, 9.17) is 10.5 Å². The monoisotopic (exact) mass is 292 g/mol. The average Bonchev–Trinajstić information content (AvgIpc) is 2.50. The molecule has 0 saturated heterocycles. The topological polar surface area (TPSA) is 81.4 Å². The molecule has 3 N–H and O–H groups in total. The number of para-hydroxylation sites is 1. The van der Waals surface area contributed by atoms with Gasteiger partial charge in [0.05, 0.1) is 7.11 Å². The molecule has 0 aromatic heterocycles. The molecule has 1 aromatic carbocycles. The number of nitrogens with one attached hydrogen (secondary N) is 1. The van der Waals surface area contributed by atoms with Crippen molar-refractivity contribution in [2.75, 3.05) is 12.8 Å². The molecule has 0 radical (unpaired) electrons. The molecule has 2 atom stereocenters. The van der Waals surface area contributed by atoms with Crippen LogP contribution in [0.3, 0.4) is 0 Å². The van der Waals surface area contributed by atoms with E-state index >= 15 is 0 Å². The molecule has 0 unspecified atom stereocenters. The normalized spacial score (nSPS) is 13.3. The molecule has 0 aliphatic rings. The smallest absolute Gasteiger partial charge is 0.328 e. The molecule has 0 aliphatic carbocycles. The van der Waals surface area contributed by atoms with Crippen LogP contribution in [0.1, 0.15) is 32.3 Å². The number of hydrogen-bond acceptors (Lipinski definition) is 4. The zero-order valence-electron chi connectivity index (χ0n) is 12.9. The maximum atomic E-state index is 12.0. The number of amides is 1. The number of anilines is 1. The first-order chi connectivity index (χ1) is 9.99. The van der Waals surface area contributed by atoms with Gasteiger partial charge in [0.1, 0.15) is 6.04 Å². The van der Waals surface area contributed by atoms with Crippen molar-refractivity contribution in [1.82, 2.24) is 5.32 Å². The van der Waals surface area contributed by atoms with Crippen LogP contribution in [-0.4, -0.2) is 25.0 Å². The second kappa shape index (κ2) is 8.29. The van der Waals surface area contributed by atoms with E-state index in [0.717, 1.165) is 12.0 Å². The minimum atomic E-state index is -0.597. The van der Waals surface area contributed by atoms with Gasteiger partial charge in [-0.2, -0.15) is 0 Å². The Hall–Kier alpha value is -2.04. The highest BCUT2D eigenvalue weighted by atomic mass is 16.5. The second-order valence-corrected chi connectivity index (χ2v) is 5.15.